The SMILES string of the molecule is CC(OO[C]=O)c1ccccc1. The van der Waals surface area contributed by atoms with E-state index in [1.165, 1.54) is 6.47 Å². The van der Waals surface area contributed by atoms with Gasteiger partial charge < -0.3 is 0 Å². The number of benzene rings is 1. The van der Waals surface area contributed by atoms with E-state index in [1.807, 2.05) is 30.3 Å². The summed E-state index contributed by atoms with van der Waals surface area (Å²) in [5.74, 6) is 0. The van der Waals surface area contributed by atoms with Gasteiger partial charge in [0.25, 0.3) is 0 Å². The first-order chi connectivity index (χ1) is 5.84. The van der Waals surface area contributed by atoms with Crippen LogP contribution >= 0.6 is 0 Å². The normalized spacial score (nSPS) is 12.1. The van der Waals surface area contributed by atoms with Gasteiger partial charge in [-0.25, -0.2) is 4.79 Å². The molecule has 3 nitrogen and oxygen atoms in total. The molecule has 1 aromatic carbocycles. The van der Waals surface area contributed by atoms with Crippen LogP contribution in [0.5, 0.6) is 0 Å². The first-order valence-electron chi connectivity index (χ1n) is 3.59. The van der Waals surface area contributed by atoms with Gasteiger partial charge in [0.2, 0.25) is 0 Å². The molecule has 0 heterocycles. The van der Waals surface area contributed by atoms with Crippen LogP contribution in [-0.2, 0) is 14.6 Å². The largest absolute Gasteiger partial charge is 0.453 e. The zero-order valence-electron chi connectivity index (χ0n) is 6.69. The van der Waals surface area contributed by atoms with Gasteiger partial charge in [-0.05, 0) is 12.5 Å². The lowest BCUT2D eigenvalue weighted by Crippen LogP contribution is -1.99. The summed E-state index contributed by atoms with van der Waals surface area (Å²) >= 11 is 0. The van der Waals surface area contributed by atoms with E-state index in [0.29, 0.717) is 0 Å². The van der Waals surface area contributed by atoms with E-state index in [0.717, 1.165) is 5.56 Å². The predicted octanol–water partition coefficient (Wildman–Crippen LogP) is 1.76. The zero-order chi connectivity index (χ0) is 8.81. The maximum absolute atomic E-state index is 9.67. The lowest BCUT2D eigenvalue weighted by molar-refractivity contribution is -0.257. The molecule has 0 amide bonds. The van der Waals surface area contributed by atoms with Crippen LogP contribution in [0, 0.1) is 0 Å². The molecule has 0 fully saturated rings. The van der Waals surface area contributed by atoms with Crippen LogP contribution in [0.4, 0.5) is 0 Å². The minimum absolute atomic E-state index is 0.257. The Morgan fingerprint density at radius 2 is 2.00 bits per heavy atom. The third-order valence-electron chi connectivity index (χ3n) is 1.50. The van der Waals surface area contributed by atoms with Gasteiger partial charge >= 0.3 is 6.47 Å². The van der Waals surface area contributed by atoms with Gasteiger partial charge in [-0.15, -0.1) is 0 Å². The van der Waals surface area contributed by atoms with Crippen LogP contribution in [0.1, 0.15) is 18.6 Å². The zero-order valence-corrected chi connectivity index (χ0v) is 6.69. The number of rotatable bonds is 4. The fourth-order valence-corrected chi connectivity index (χ4v) is 0.871. The van der Waals surface area contributed by atoms with Crippen molar-refractivity contribution in [3.63, 3.8) is 0 Å². The first kappa shape index (κ1) is 8.74. The average molecular weight is 165 g/mol. The van der Waals surface area contributed by atoms with Crippen LogP contribution in [0.15, 0.2) is 30.3 Å². The van der Waals surface area contributed by atoms with E-state index < -0.39 is 0 Å². The third kappa shape index (κ3) is 2.36. The molecule has 0 aliphatic heterocycles. The molecule has 0 N–H and O–H groups in total. The monoisotopic (exact) mass is 165 g/mol. The molecule has 0 aromatic heterocycles. The van der Waals surface area contributed by atoms with Crippen LogP contribution in [0.2, 0.25) is 0 Å². The van der Waals surface area contributed by atoms with Gasteiger partial charge in [-0.1, -0.05) is 30.3 Å². The number of carbonyl (C=O) groups excluding carboxylic acids is 1. The lowest BCUT2D eigenvalue weighted by Gasteiger charge is -2.07. The van der Waals surface area contributed by atoms with E-state index >= 15 is 0 Å². The Morgan fingerprint density at radius 3 is 2.58 bits per heavy atom. The second-order valence-electron chi connectivity index (χ2n) is 2.32. The van der Waals surface area contributed by atoms with Crippen molar-refractivity contribution in [2.75, 3.05) is 0 Å². The summed E-state index contributed by atoms with van der Waals surface area (Å²) < 4.78 is 0. The molecule has 1 radical (unpaired) electrons. The van der Waals surface area contributed by atoms with Crippen molar-refractivity contribution in [2.24, 2.45) is 0 Å². The molecule has 0 spiro atoms. The van der Waals surface area contributed by atoms with Crippen LogP contribution in [-0.4, -0.2) is 6.47 Å². The number of hydrogen-bond acceptors (Lipinski definition) is 3. The Labute approximate surface area is 70.8 Å². The molecule has 1 unspecified atom stereocenters. The Morgan fingerprint density at radius 1 is 1.33 bits per heavy atom. The lowest BCUT2D eigenvalue weighted by atomic mass is 10.1. The van der Waals surface area contributed by atoms with Crippen molar-refractivity contribution in [1.82, 2.24) is 0 Å². The van der Waals surface area contributed by atoms with Gasteiger partial charge in [0.05, 0.1) is 0 Å². The highest BCUT2D eigenvalue weighted by Crippen LogP contribution is 2.15. The number of hydrogen-bond donors (Lipinski definition) is 0. The maximum Gasteiger partial charge on any atom is 0.453 e. The fourth-order valence-electron chi connectivity index (χ4n) is 0.871. The minimum atomic E-state index is -0.257. The highest BCUT2D eigenvalue weighted by atomic mass is 17.2. The third-order valence-corrected chi connectivity index (χ3v) is 1.50. The molecule has 0 saturated carbocycles. The quantitative estimate of drug-likeness (QED) is 0.503. The van der Waals surface area contributed by atoms with Crippen LogP contribution in [0.3, 0.4) is 0 Å². The van der Waals surface area contributed by atoms with Crippen LogP contribution in [0.25, 0.3) is 0 Å². The summed E-state index contributed by atoms with van der Waals surface area (Å²) in [6.07, 6.45) is -0.257. The van der Waals surface area contributed by atoms with Crippen molar-refractivity contribution in [2.45, 2.75) is 13.0 Å². The summed E-state index contributed by atoms with van der Waals surface area (Å²) in [4.78, 5) is 18.4. The Kier molecular flexibility index (Phi) is 3.29. The molecule has 1 rings (SSSR count). The fraction of sp³-hybridized carbons (Fsp3) is 0.222. The van der Waals surface area contributed by atoms with Gasteiger partial charge in [-0.2, -0.15) is 4.89 Å². The summed E-state index contributed by atoms with van der Waals surface area (Å²) in [5, 5.41) is 0. The highest BCUT2D eigenvalue weighted by Gasteiger charge is 2.05. The molecule has 3 heteroatoms. The minimum Gasteiger partial charge on any atom is -0.285 e. The van der Waals surface area contributed by atoms with E-state index in [-0.39, 0.29) is 6.10 Å². The molecule has 63 valence electrons. The maximum atomic E-state index is 9.67. The highest BCUT2D eigenvalue weighted by molar-refractivity contribution is 5.36. The molecular formula is C9H9O3. The van der Waals surface area contributed by atoms with Crippen molar-refractivity contribution in [1.29, 1.82) is 0 Å². The van der Waals surface area contributed by atoms with Crippen LogP contribution < -0.4 is 0 Å². The van der Waals surface area contributed by atoms with Gasteiger partial charge in [0, 0.05) is 0 Å². The summed E-state index contributed by atoms with van der Waals surface area (Å²) in [7, 11) is 0. The van der Waals surface area contributed by atoms with Gasteiger partial charge in [0.1, 0.15) is 6.10 Å². The Balaban J connectivity index is 2.53. The van der Waals surface area contributed by atoms with E-state index in [4.69, 9.17) is 0 Å². The molecule has 1 aromatic rings. The molecular weight excluding hydrogens is 156 g/mol. The van der Waals surface area contributed by atoms with E-state index in [1.54, 1.807) is 6.92 Å². The van der Waals surface area contributed by atoms with Gasteiger partial charge in [0.15, 0.2) is 0 Å². The average Bonchev–Trinajstić information content (AvgIpc) is 2.15. The topological polar surface area (TPSA) is 35.5 Å². The van der Waals surface area contributed by atoms with E-state index in [2.05, 4.69) is 9.78 Å². The Hall–Kier alpha value is -1.35. The second kappa shape index (κ2) is 4.51. The van der Waals surface area contributed by atoms with Gasteiger partial charge in [-0.3, -0.25) is 4.89 Å². The first-order valence-corrected chi connectivity index (χ1v) is 3.59. The molecule has 12 heavy (non-hydrogen) atoms. The standard InChI is InChI=1S/C9H9O3/c1-8(12-11-7-10)9-5-3-2-4-6-9/h2-6,8H,1H3. The van der Waals surface area contributed by atoms with Crippen molar-refractivity contribution in [3.05, 3.63) is 35.9 Å². The van der Waals surface area contributed by atoms with Crippen molar-refractivity contribution >= 4 is 6.47 Å². The summed E-state index contributed by atoms with van der Waals surface area (Å²) in [6.45, 7) is 2.98. The predicted molar refractivity (Wildman–Crippen MR) is 42.7 cm³/mol. The summed E-state index contributed by atoms with van der Waals surface area (Å²) in [6, 6.07) is 9.46. The molecule has 1 atom stereocenters. The smallest absolute Gasteiger partial charge is 0.285 e. The molecule has 0 bridgehead atoms. The molecule has 0 saturated heterocycles. The van der Waals surface area contributed by atoms with Crippen molar-refractivity contribution < 1.29 is 14.6 Å². The molecule has 0 aliphatic carbocycles. The second-order valence-corrected chi connectivity index (χ2v) is 2.32. The van der Waals surface area contributed by atoms with Crippen molar-refractivity contribution in [3.8, 4) is 0 Å². The summed E-state index contributed by atoms with van der Waals surface area (Å²) in [5.41, 5.74) is 0.952. The van der Waals surface area contributed by atoms with E-state index in [9.17, 15) is 4.79 Å². The molecule has 0 aliphatic rings. The Bertz CT molecular complexity index is 233.